The highest BCUT2D eigenvalue weighted by molar-refractivity contribution is 6.31. The molecular weight excluding hydrogens is 304 g/mol. The van der Waals surface area contributed by atoms with Crippen LogP contribution in [0, 0.1) is 11.3 Å². The van der Waals surface area contributed by atoms with Gasteiger partial charge in [0.2, 0.25) is 11.8 Å². The molecule has 1 aromatic rings. The van der Waals surface area contributed by atoms with Crippen LogP contribution in [-0.4, -0.2) is 25.5 Å². The first-order valence-corrected chi connectivity index (χ1v) is 7.49. The molecule has 1 rings (SSSR count). The fourth-order valence-electron chi connectivity index (χ4n) is 1.68. The Bertz CT molecular complexity index is 556. The highest BCUT2D eigenvalue weighted by Gasteiger charge is 2.36. The molecule has 0 spiro atoms. The van der Waals surface area contributed by atoms with Gasteiger partial charge in [-0.1, -0.05) is 25.4 Å². The van der Waals surface area contributed by atoms with Crippen molar-refractivity contribution in [3.8, 4) is 5.75 Å². The summed E-state index contributed by atoms with van der Waals surface area (Å²) in [4.78, 5) is 24.6. The average molecular weight is 327 g/mol. The number of halogens is 1. The van der Waals surface area contributed by atoms with E-state index in [0.29, 0.717) is 28.9 Å². The van der Waals surface area contributed by atoms with E-state index >= 15 is 0 Å². The van der Waals surface area contributed by atoms with E-state index in [1.165, 1.54) is 7.11 Å². The van der Waals surface area contributed by atoms with Gasteiger partial charge in [-0.2, -0.15) is 0 Å². The minimum atomic E-state index is -1.21. The van der Waals surface area contributed by atoms with Crippen LogP contribution in [0.25, 0.3) is 0 Å². The molecule has 0 radical (unpaired) electrons. The largest absolute Gasteiger partial charge is 0.495 e. The molecule has 0 aliphatic carbocycles. The van der Waals surface area contributed by atoms with Crippen molar-refractivity contribution < 1.29 is 14.3 Å². The van der Waals surface area contributed by atoms with Crippen molar-refractivity contribution in [2.45, 2.75) is 27.7 Å². The molecule has 0 saturated heterocycles. The number of hydrogen-bond acceptors (Lipinski definition) is 3. The number of anilines is 1. The molecule has 5 nitrogen and oxygen atoms in total. The van der Waals surface area contributed by atoms with Gasteiger partial charge in [0.25, 0.3) is 0 Å². The first kappa shape index (κ1) is 18.3. The molecule has 2 amide bonds. The van der Waals surface area contributed by atoms with Crippen molar-refractivity contribution in [2.24, 2.45) is 11.3 Å². The predicted molar refractivity (Wildman–Crippen MR) is 88.3 cm³/mol. The zero-order valence-corrected chi connectivity index (χ0v) is 14.4. The summed E-state index contributed by atoms with van der Waals surface area (Å²) in [6, 6.07) is 4.90. The van der Waals surface area contributed by atoms with E-state index in [0.717, 1.165) is 0 Å². The van der Waals surface area contributed by atoms with Gasteiger partial charge in [0.15, 0.2) is 0 Å². The average Bonchev–Trinajstić information content (AvgIpc) is 2.44. The Morgan fingerprint density at radius 3 is 2.45 bits per heavy atom. The van der Waals surface area contributed by atoms with Gasteiger partial charge in [0, 0.05) is 11.6 Å². The Balaban J connectivity index is 2.87. The number of ether oxygens (including phenoxy) is 1. The van der Waals surface area contributed by atoms with Crippen molar-refractivity contribution in [2.75, 3.05) is 19.0 Å². The smallest absolute Gasteiger partial charge is 0.239 e. The summed E-state index contributed by atoms with van der Waals surface area (Å²) >= 11 is 5.93. The van der Waals surface area contributed by atoms with Gasteiger partial charge in [-0.3, -0.25) is 9.59 Å². The molecule has 0 aliphatic rings. The Morgan fingerprint density at radius 2 is 1.91 bits per heavy atom. The fourth-order valence-corrected chi connectivity index (χ4v) is 1.85. The van der Waals surface area contributed by atoms with Crippen LogP contribution in [0.5, 0.6) is 5.75 Å². The molecule has 0 saturated carbocycles. The molecule has 22 heavy (non-hydrogen) atoms. The van der Waals surface area contributed by atoms with E-state index in [1.807, 2.05) is 13.8 Å². The van der Waals surface area contributed by atoms with Gasteiger partial charge in [0.05, 0.1) is 12.8 Å². The normalized spacial score (nSPS) is 11.2. The zero-order valence-electron chi connectivity index (χ0n) is 13.6. The van der Waals surface area contributed by atoms with E-state index in [9.17, 15) is 9.59 Å². The molecule has 0 unspecified atom stereocenters. The zero-order chi connectivity index (χ0) is 16.9. The third-order valence-corrected chi connectivity index (χ3v) is 3.45. The van der Waals surface area contributed by atoms with Crippen molar-refractivity contribution in [1.29, 1.82) is 0 Å². The lowest BCUT2D eigenvalue weighted by molar-refractivity contribution is -0.138. The van der Waals surface area contributed by atoms with Crippen LogP contribution >= 0.6 is 11.6 Å². The topological polar surface area (TPSA) is 67.4 Å². The van der Waals surface area contributed by atoms with Gasteiger partial charge in [-0.15, -0.1) is 0 Å². The lowest BCUT2D eigenvalue weighted by Crippen LogP contribution is -2.46. The van der Waals surface area contributed by atoms with Crippen molar-refractivity contribution >= 4 is 29.1 Å². The number of carbonyl (C=O) groups is 2. The number of methoxy groups -OCH3 is 1. The lowest BCUT2D eigenvalue weighted by Gasteiger charge is -2.24. The van der Waals surface area contributed by atoms with Crippen LogP contribution in [0.2, 0.25) is 5.02 Å². The molecule has 0 aromatic heterocycles. The van der Waals surface area contributed by atoms with Gasteiger partial charge >= 0.3 is 0 Å². The van der Waals surface area contributed by atoms with Gasteiger partial charge in [-0.25, -0.2) is 0 Å². The summed E-state index contributed by atoms with van der Waals surface area (Å²) in [5.41, 5.74) is -0.771. The molecule has 0 fully saturated rings. The second-order valence-corrected chi connectivity index (χ2v) is 6.46. The van der Waals surface area contributed by atoms with E-state index < -0.39 is 11.3 Å². The van der Waals surface area contributed by atoms with Crippen molar-refractivity contribution in [3.63, 3.8) is 0 Å². The van der Waals surface area contributed by atoms with Crippen molar-refractivity contribution in [1.82, 2.24) is 5.32 Å². The molecule has 122 valence electrons. The summed E-state index contributed by atoms with van der Waals surface area (Å²) in [5.74, 6) is 0.0565. The number of benzene rings is 1. The highest BCUT2D eigenvalue weighted by atomic mass is 35.5. The second-order valence-electron chi connectivity index (χ2n) is 6.03. The molecule has 6 heteroatoms. The number of amides is 2. The van der Waals surface area contributed by atoms with Crippen LogP contribution in [0.4, 0.5) is 5.69 Å². The Morgan fingerprint density at radius 1 is 1.27 bits per heavy atom. The van der Waals surface area contributed by atoms with Crippen LogP contribution in [0.1, 0.15) is 27.7 Å². The first-order chi connectivity index (χ1) is 10.2. The quantitative estimate of drug-likeness (QED) is 0.789. The maximum absolute atomic E-state index is 12.4. The summed E-state index contributed by atoms with van der Waals surface area (Å²) in [5, 5.41) is 5.94. The Labute approximate surface area is 136 Å². The second kappa shape index (κ2) is 7.49. The van der Waals surface area contributed by atoms with Gasteiger partial charge in [0.1, 0.15) is 11.2 Å². The molecular formula is C16H23ClN2O3. The van der Waals surface area contributed by atoms with Crippen LogP contribution in [0.15, 0.2) is 18.2 Å². The van der Waals surface area contributed by atoms with Crippen LogP contribution in [0.3, 0.4) is 0 Å². The lowest BCUT2D eigenvalue weighted by atomic mass is 9.90. The summed E-state index contributed by atoms with van der Waals surface area (Å²) in [7, 11) is 1.50. The molecule has 0 bridgehead atoms. The first-order valence-electron chi connectivity index (χ1n) is 7.11. The molecule has 0 aliphatic heterocycles. The van der Waals surface area contributed by atoms with E-state index in [4.69, 9.17) is 16.3 Å². The Kier molecular flexibility index (Phi) is 6.23. The third kappa shape index (κ3) is 4.63. The van der Waals surface area contributed by atoms with Gasteiger partial charge < -0.3 is 15.4 Å². The third-order valence-electron chi connectivity index (χ3n) is 3.22. The number of hydrogen-bond donors (Lipinski definition) is 2. The highest BCUT2D eigenvalue weighted by Crippen LogP contribution is 2.29. The standard InChI is InChI=1S/C16H23ClN2O3/c1-10(2)9-18-14(20)16(3,4)15(21)19-12-8-11(17)6-7-13(12)22-5/h6-8,10H,9H2,1-5H3,(H,18,20)(H,19,21). The van der Waals surface area contributed by atoms with Crippen LogP contribution in [-0.2, 0) is 9.59 Å². The molecule has 2 N–H and O–H groups in total. The predicted octanol–water partition coefficient (Wildman–Crippen LogP) is 3.09. The van der Waals surface area contributed by atoms with Gasteiger partial charge in [-0.05, 0) is 38.0 Å². The summed E-state index contributed by atoms with van der Waals surface area (Å²) in [6.07, 6.45) is 0. The number of nitrogens with one attached hydrogen (secondary N) is 2. The molecule has 1 aromatic carbocycles. The molecule has 0 heterocycles. The fraction of sp³-hybridized carbons (Fsp3) is 0.500. The Hall–Kier alpha value is -1.75. The maximum Gasteiger partial charge on any atom is 0.239 e. The van der Waals surface area contributed by atoms with Crippen molar-refractivity contribution in [3.05, 3.63) is 23.2 Å². The number of carbonyl (C=O) groups excluding carboxylic acids is 2. The minimum Gasteiger partial charge on any atom is -0.495 e. The SMILES string of the molecule is COc1ccc(Cl)cc1NC(=O)C(C)(C)C(=O)NCC(C)C. The van der Waals surface area contributed by atoms with Crippen LogP contribution < -0.4 is 15.4 Å². The summed E-state index contributed by atoms with van der Waals surface area (Å²) < 4.78 is 5.18. The minimum absolute atomic E-state index is 0.316. The van der Waals surface area contributed by atoms with E-state index in [-0.39, 0.29) is 5.91 Å². The van der Waals surface area contributed by atoms with E-state index in [1.54, 1.807) is 32.0 Å². The van der Waals surface area contributed by atoms with E-state index in [2.05, 4.69) is 10.6 Å². The molecule has 0 atom stereocenters. The monoisotopic (exact) mass is 326 g/mol. The summed E-state index contributed by atoms with van der Waals surface area (Å²) in [6.45, 7) is 7.66. The number of rotatable bonds is 6. The maximum atomic E-state index is 12.4.